The lowest BCUT2D eigenvalue weighted by Crippen LogP contribution is -2.61. The van der Waals surface area contributed by atoms with Gasteiger partial charge in [-0.25, -0.2) is 4.79 Å². The fourth-order valence-corrected chi connectivity index (χ4v) is 3.34. The van der Waals surface area contributed by atoms with Gasteiger partial charge in [0.25, 0.3) is 0 Å². The topological polar surface area (TPSA) is 123 Å². The number of carbonyl (C=O) groups is 2. The minimum absolute atomic E-state index is 0.660. The summed E-state index contributed by atoms with van der Waals surface area (Å²) < 4.78 is 15.1. The van der Waals surface area contributed by atoms with Crippen LogP contribution in [0.4, 0.5) is 0 Å². The predicted octanol–water partition coefficient (Wildman–Crippen LogP) is 1.15. The molecule has 0 unspecified atom stereocenters. The average molecular weight is 430 g/mol. The van der Waals surface area contributed by atoms with Crippen molar-refractivity contribution in [3.63, 3.8) is 0 Å². The van der Waals surface area contributed by atoms with E-state index in [0.29, 0.717) is 5.56 Å². The van der Waals surface area contributed by atoms with E-state index in [1.54, 1.807) is 26.0 Å². The van der Waals surface area contributed by atoms with E-state index in [9.17, 15) is 24.9 Å². The Balaban J connectivity index is 1.76. The summed E-state index contributed by atoms with van der Waals surface area (Å²) in [5.41, 5.74) is 1.56. The molecule has 3 N–H and O–H groups in total. The zero-order chi connectivity index (χ0) is 22.8. The van der Waals surface area contributed by atoms with Gasteiger partial charge in [0, 0.05) is 0 Å². The molecule has 31 heavy (non-hydrogen) atoms. The third kappa shape index (κ3) is 4.62. The van der Waals surface area contributed by atoms with Crippen LogP contribution in [0.2, 0.25) is 0 Å². The van der Waals surface area contributed by atoms with Crippen molar-refractivity contribution in [2.75, 3.05) is 7.11 Å². The Morgan fingerprint density at radius 2 is 1.45 bits per heavy atom. The van der Waals surface area contributed by atoms with Crippen LogP contribution in [-0.4, -0.2) is 65.1 Å². The van der Waals surface area contributed by atoms with E-state index in [2.05, 4.69) is 4.74 Å². The number of esters is 2. The number of rotatable bonds is 5. The first-order valence-corrected chi connectivity index (χ1v) is 9.81. The Kier molecular flexibility index (Phi) is 6.76. The fraction of sp³-hybridized carbons (Fsp3) is 0.391. The molecule has 2 aromatic carbocycles. The van der Waals surface area contributed by atoms with Crippen molar-refractivity contribution < 1.29 is 39.1 Å². The summed E-state index contributed by atoms with van der Waals surface area (Å²) in [5.74, 6) is -1.70. The minimum atomic E-state index is -1.76. The van der Waals surface area contributed by atoms with Crippen LogP contribution in [0.25, 0.3) is 11.1 Å². The molecule has 1 saturated heterocycles. The van der Waals surface area contributed by atoms with E-state index < -0.39 is 48.1 Å². The average Bonchev–Trinajstić information content (AvgIpc) is 2.79. The molecular weight excluding hydrogens is 404 g/mol. The number of benzene rings is 2. The van der Waals surface area contributed by atoms with Gasteiger partial charge in [-0.05, 0) is 30.5 Å². The summed E-state index contributed by atoms with van der Waals surface area (Å²) in [7, 11) is 1.08. The van der Waals surface area contributed by atoms with Crippen LogP contribution in [0.3, 0.4) is 0 Å². The molecule has 0 saturated carbocycles. The van der Waals surface area contributed by atoms with Crippen LogP contribution in [0.15, 0.2) is 54.6 Å². The van der Waals surface area contributed by atoms with Crippen molar-refractivity contribution in [2.45, 2.75) is 50.0 Å². The van der Waals surface area contributed by atoms with Gasteiger partial charge < -0.3 is 29.5 Å². The highest BCUT2D eigenvalue weighted by atomic mass is 16.7. The van der Waals surface area contributed by atoms with Crippen LogP contribution in [0.5, 0.6) is 0 Å². The minimum Gasteiger partial charge on any atom is -0.467 e. The molecule has 8 nitrogen and oxygen atoms in total. The van der Waals surface area contributed by atoms with E-state index in [4.69, 9.17) is 9.47 Å². The van der Waals surface area contributed by atoms with Gasteiger partial charge in [-0.3, -0.25) is 4.79 Å². The molecule has 1 aliphatic heterocycles. The second-order valence-corrected chi connectivity index (χ2v) is 7.89. The lowest BCUT2D eigenvalue weighted by Gasteiger charge is -2.39. The van der Waals surface area contributed by atoms with Gasteiger partial charge in [0.2, 0.25) is 6.29 Å². The molecule has 1 aliphatic rings. The lowest BCUT2D eigenvalue weighted by atomic mass is 9.84. The maximum atomic E-state index is 12.9. The number of ether oxygens (including phenoxy) is 3. The van der Waals surface area contributed by atoms with Crippen LogP contribution in [0.1, 0.15) is 19.4 Å². The summed E-state index contributed by atoms with van der Waals surface area (Å²) in [4.78, 5) is 24.7. The van der Waals surface area contributed by atoms with Gasteiger partial charge in [-0.1, -0.05) is 54.6 Å². The lowest BCUT2D eigenvalue weighted by molar-refractivity contribution is -0.288. The Labute approximate surface area is 180 Å². The third-order valence-corrected chi connectivity index (χ3v) is 5.45. The van der Waals surface area contributed by atoms with E-state index in [1.165, 1.54) is 0 Å². The molecule has 0 radical (unpaired) electrons. The van der Waals surface area contributed by atoms with E-state index >= 15 is 0 Å². The number of aliphatic hydroxyl groups is 3. The van der Waals surface area contributed by atoms with Gasteiger partial charge >= 0.3 is 11.9 Å². The molecule has 166 valence electrons. The Hall–Kier alpha value is -2.78. The van der Waals surface area contributed by atoms with Crippen molar-refractivity contribution in [1.82, 2.24) is 0 Å². The number of aliphatic hydroxyl groups excluding tert-OH is 3. The van der Waals surface area contributed by atoms with Crippen molar-refractivity contribution in [3.8, 4) is 11.1 Å². The van der Waals surface area contributed by atoms with Crippen molar-refractivity contribution >= 4 is 11.9 Å². The molecule has 1 heterocycles. The first-order valence-electron chi connectivity index (χ1n) is 9.81. The van der Waals surface area contributed by atoms with Crippen LogP contribution in [-0.2, 0) is 29.2 Å². The fourth-order valence-electron chi connectivity index (χ4n) is 3.34. The van der Waals surface area contributed by atoms with Gasteiger partial charge in [0.1, 0.15) is 18.3 Å². The van der Waals surface area contributed by atoms with E-state index in [-0.39, 0.29) is 0 Å². The SMILES string of the molecule is COC(=O)[C@H]1O[C@@H](OC(=O)C(C)(C)c2ccc(-c3ccccc3)cc2)[C@H](O)[C@@H](O)[C@@H]1O. The highest BCUT2D eigenvalue weighted by Crippen LogP contribution is 2.30. The summed E-state index contributed by atoms with van der Waals surface area (Å²) >= 11 is 0. The molecule has 0 aliphatic carbocycles. The van der Waals surface area contributed by atoms with Crippen LogP contribution >= 0.6 is 0 Å². The Morgan fingerprint density at radius 3 is 2.03 bits per heavy atom. The Morgan fingerprint density at radius 1 is 0.871 bits per heavy atom. The zero-order valence-corrected chi connectivity index (χ0v) is 17.5. The highest BCUT2D eigenvalue weighted by Gasteiger charge is 2.50. The monoisotopic (exact) mass is 430 g/mol. The van der Waals surface area contributed by atoms with E-state index in [1.807, 2.05) is 42.5 Å². The number of hydrogen-bond acceptors (Lipinski definition) is 8. The quantitative estimate of drug-likeness (QED) is 0.604. The maximum Gasteiger partial charge on any atom is 0.337 e. The van der Waals surface area contributed by atoms with Gasteiger partial charge in [0.05, 0.1) is 12.5 Å². The largest absolute Gasteiger partial charge is 0.467 e. The smallest absolute Gasteiger partial charge is 0.337 e. The molecule has 8 heteroatoms. The number of carbonyl (C=O) groups excluding carboxylic acids is 2. The predicted molar refractivity (Wildman–Crippen MR) is 110 cm³/mol. The second kappa shape index (κ2) is 9.15. The number of methoxy groups -OCH3 is 1. The highest BCUT2D eigenvalue weighted by molar-refractivity contribution is 5.83. The first-order chi connectivity index (χ1) is 14.7. The van der Waals surface area contributed by atoms with Crippen molar-refractivity contribution in [3.05, 3.63) is 60.2 Å². The Bertz CT molecular complexity index is 909. The molecule has 1 fully saturated rings. The summed E-state index contributed by atoms with van der Waals surface area (Å²) in [6, 6.07) is 17.1. The zero-order valence-electron chi connectivity index (χ0n) is 17.5. The normalized spacial score (nSPS) is 26.2. The van der Waals surface area contributed by atoms with E-state index in [0.717, 1.165) is 18.2 Å². The van der Waals surface area contributed by atoms with Crippen molar-refractivity contribution in [1.29, 1.82) is 0 Å². The molecule has 2 aromatic rings. The maximum absolute atomic E-state index is 12.9. The molecule has 3 rings (SSSR count). The molecule has 0 bridgehead atoms. The van der Waals surface area contributed by atoms with Crippen LogP contribution < -0.4 is 0 Å². The van der Waals surface area contributed by atoms with Gasteiger partial charge in [-0.15, -0.1) is 0 Å². The summed E-state index contributed by atoms with van der Waals surface area (Å²) in [5, 5.41) is 30.1. The van der Waals surface area contributed by atoms with Gasteiger partial charge in [0.15, 0.2) is 6.10 Å². The first kappa shape index (κ1) is 22.9. The standard InChI is InChI=1S/C23H26O8/c1-23(2,15-11-9-14(10-12-15)13-7-5-4-6-8-13)22(28)31-21-18(26)16(24)17(25)19(30-21)20(27)29-3/h4-12,16-19,21,24-26H,1-3H3/t16-,17-,18+,19-,21-/m0/s1. The molecular formula is C23H26O8. The molecule has 0 aromatic heterocycles. The van der Waals surface area contributed by atoms with Crippen molar-refractivity contribution in [2.24, 2.45) is 0 Å². The summed E-state index contributed by atoms with van der Waals surface area (Å²) in [6.45, 7) is 3.29. The molecule has 0 spiro atoms. The van der Waals surface area contributed by atoms with Crippen LogP contribution in [0, 0.1) is 0 Å². The number of hydrogen-bond donors (Lipinski definition) is 3. The third-order valence-electron chi connectivity index (χ3n) is 5.45. The second-order valence-electron chi connectivity index (χ2n) is 7.89. The summed E-state index contributed by atoms with van der Waals surface area (Å²) in [6.07, 6.45) is -8.48. The van der Waals surface area contributed by atoms with Gasteiger partial charge in [-0.2, -0.15) is 0 Å². The molecule has 5 atom stereocenters. The molecule has 0 amide bonds.